The maximum atomic E-state index is 6.49. The Morgan fingerprint density at radius 1 is 1.23 bits per heavy atom. The maximum absolute atomic E-state index is 6.49. The minimum absolute atomic E-state index is 0.0405. The van der Waals surface area contributed by atoms with E-state index in [0.29, 0.717) is 5.41 Å². The van der Waals surface area contributed by atoms with E-state index >= 15 is 0 Å². The molecular weight excluding hydrogens is 272 g/mol. The van der Waals surface area contributed by atoms with Crippen LogP contribution in [0.5, 0.6) is 0 Å². The van der Waals surface area contributed by atoms with E-state index in [1.807, 2.05) is 0 Å². The van der Waals surface area contributed by atoms with E-state index in [1.165, 1.54) is 25.7 Å². The van der Waals surface area contributed by atoms with E-state index in [1.54, 1.807) is 0 Å². The van der Waals surface area contributed by atoms with E-state index in [2.05, 4.69) is 39.8 Å². The fourth-order valence-electron chi connectivity index (χ4n) is 6.69. The molecular formula is C20H32O2. The molecule has 124 valence electrons. The van der Waals surface area contributed by atoms with Crippen molar-refractivity contribution in [2.75, 3.05) is 6.61 Å². The predicted molar refractivity (Wildman–Crippen MR) is 88.4 cm³/mol. The lowest BCUT2D eigenvalue weighted by molar-refractivity contribution is -0.226. The molecule has 2 nitrogen and oxygen atoms in total. The molecule has 0 aromatic heterocycles. The highest BCUT2D eigenvalue weighted by Crippen LogP contribution is 2.74. The number of hydrogen-bond acceptors (Lipinski definition) is 2. The number of allylic oxidation sites excluding steroid dienone is 2. The third-order valence-electron chi connectivity index (χ3n) is 7.67. The Kier molecular flexibility index (Phi) is 3.51. The van der Waals surface area contributed by atoms with Crippen LogP contribution in [-0.2, 0) is 9.47 Å². The summed E-state index contributed by atoms with van der Waals surface area (Å²) in [6, 6.07) is 0. The van der Waals surface area contributed by atoms with Crippen molar-refractivity contribution >= 4 is 0 Å². The molecule has 4 aliphatic rings. The van der Waals surface area contributed by atoms with Gasteiger partial charge in [-0.2, -0.15) is 0 Å². The molecule has 4 rings (SSSR count). The van der Waals surface area contributed by atoms with Crippen molar-refractivity contribution in [3.05, 3.63) is 12.2 Å². The van der Waals surface area contributed by atoms with Crippen LogP contribution in [0.2, 0.25) is 0 Å². The lowest BCUT2D eigenvalue weighted by Crippen LogP contribution is -2.49. The van der Waals surface area contributed by atoms with Gasteiger partial charge in [0.1, 0.15) is 0 Å². The Morgan fingerprint density at radius 3 is 2.82 bits per heavy atom. The molecule has 0 aromatic rings. The zero-order chi connectivity index (χ0) is 15.5. The fraction of sp³-hybridized carbons (Fsp3) is 0.900. The quantitative estimate of drug-likeness (QED) is 0.304. The molecule has 8 unspecified atom stereocenters. The van der Waals surface area contributed by atoms with Crippen LogP contribution in [0.4, 0.5) is 0 Å². The van der Waals surface area contributed by atoms with E-state index in [4.69, 9.17) is 9.47 Å². The van der Waals surface area contributed by atoms with Crippen LogP contribution in [0.25, 0.3) is 0 Å². The number of hydrogen-bond donors (Lipinski definition) is 0. The second-order valence-electron chi connectivity index (χ2n) is 8.75. The van der Waals surface area contributed by atoms with E-state index in [0.717, 1.165) is 42.6 Å². The topological polar surface area (TPSA) is 18.5 Å². The van der Waals surface area contributed by atoms with E-state index < -0.39 is 0 Å². The highest BCUT2D eigenvalue weighted by Gasteiger charge is 2.70. The fourth-order valence-corrected chi connectivity index (χ4v) is 6.69. The average molecular weight is 304 g/mol. The second-order valence-corrected chi connectivity index (χ2v) is 8.75. The molecule has 3 fully saturated rings. The number of unbranched alkanes of at least 4 members (excludes halogenated alkanes) is 1. The van der Waals surface area contributed by atoms with Crippen molar-refractivity contribution in [2.45, 2.75) is 71.7 Å². The van der Waals surface area contributed by atoms with Crippen molar-refractivity contribution < 1.29 is 9.47 Å². The summed E-state index contributed by atoms with van der Waals surface area (Å²) in [6.45, 7) is 10.1. The first-order valence-corrected chi connectivity index (χ1v) is 9.46. The molecule has 3 saturated carbocycles. The first-order valence-electron chi connectivity index (χ1n) is 9.46. The Morgan fingerprint density at radius 2 is 2.05 bits per heavy atom. The minimum atomic E-state index is -0.0590. The number of ether oxygens (including phenoxy) is 2. The Hall–Kier alpha value is -0.340. The highest BCUT2D eigenvalue weighted by molar-refractivity contribution is 5.27. The van der Waals surface area contributed by atoms with Crippen LogP contribution in [0.3, 0.4) is 0 Å². The van der Waals surface area contributed by atoms with Gasteiger partial charge in [0.05, 0.1) is 5.60 Å². The third kappa shape index (κ3) is 1.92. The summed E-state index contributed by atoms with van der Waals surface area (Å²) in [5.74, 6) is 4.12. The number of rotatable bonds is 6. The smallest absolute Gasteiger partial charge is 0.155 e. The van der Waals surface area contributed by atoms with Gasteiger partial charge in [0.25, 0.3) is 0 Å². The van der Waals surface area contributed by atoms with E-state index in [9.17, 15) is 0 Å². The van der Waals surface area contributed by atoms with Crippen molar-refractivity contribution in [3.63, 3.8) is 0 Å². The Labute approximate surface area is 135 Å². The van der Waals surface area contributed by atoms with Crippen LogP contribution < -0.4 is 0 Å². The lowest BCUT2D eigenvalue weighted by Gasteiger charge is -2.49. The summed E-state index contributed by atoms with van der Waals surface area (Å²) in [6.07, 6.45) is 11.3. The van der Waals surface area contributed by atoms with Crippen molar-refractivity contribution in [1.29, 1.82) is 0 Å². The monoisotopic (exact) mass is 304 g/mol. The normalized spacial score (nSPS) is 52.5. The number of fused-ring (bicyclic) bond motifs is 9. The zero-order valence-electron chi connectivity index (χ0n) is 14.7. The average Bonchev–Trinajstić information content (AvgIpc) is 3.16. The molecule has 0 N–H and O–H groups in total. The highest BCUT2D eigenvalue weighted by atomic mass is 16.7. The van der Waals surface area contributed by atoms with Gasteiger partial charge in [-0.3, -0.25) is 0 Å². The summed E-state index contributed by atoms with van der Waals surface area (Å²) in [7, 11) is 0. The van der Waals surface area contributed by atoms with Crippen molar-refractivity contribution in [1.82, 2.24) is 0 Å². The van der Waals surface area contributed by atoms with Crippen LogP contribution in [0.1, 0.15) is 59.8 Å². The minimum Gasteiger partial charge on any atom is -0.353 e. The van der Waals surface area contributed by atoms with Crippen LogP contribution >= 0.6 is 0 Å². The molecule has 8 atom stereocenters. The second kappa shape index (κ2) is 5.08. The lowest BCUT2D eigenvalue weighted by atomic mass is 9.59. The van der Waals surface area contributed by atoms with Gasteiger partial charge in [-0.25, -0.2) is 0 Å². The van der Waals surface area contributed by atoms with Crippen LogP contribution in [-0.4, -0.2) is 18.5 Å². The van der Waals surface area contributed by atoms with Gasteiger partial charge in [-0.15, -0.1) is 0 Å². The predicted octanol–water partition coefficient (Wildman–Crippen LogP) is 4.79. The molecule has 0 saturated heterocycles. The van der Waals surface area contributed by atoms with Crippen molar-refractivity contribution in [2.24, 2.45) is 35.0 Å². The molecule has 0 radical (unpaired) electrons. The first-order chi connectivity index (χ1) is 10.5. The zero-order valence-corrected chi connectivity index (χ0v) is 14.7. The molecule has 22 heavy (non-hydrogen) atoms. The Bertz CT molecular complexity index is 472. The SMILES string of the molecule is CCCCOC(C)OC1(C)CC2CC1C1C3C=CC(C3)C21C. The van der Waals surface area contributed by atoms with Crippen molar-refractivity contribution in [3.8, 4) is 0 Å². The summed E-state index contributed by atoms with van der Waals surface area (Å²) >= 11 is 0. The molecule has 0 spiro atoms. The Balaban J connectivity index is 1.46. The molecule has 0 amide bonds. The van der Waals surface area contributed by atoms with Gasteiger partial charge in [0, 0.05) is 6.61 Å². The summed E-state index contributed by atoms with van der Waals surface area (Å²) < 4.78 is 12.4. The van der Waals surface area contributed by atoms with Gasteiger partial charge >= 0.3 is 0 Å². The maximum Gasteiger partial charge on any atom is 0.155 e. The largest absolute Gasteiger partial charge is 0.353 e. The van der Waals surface area contributed by atoms with Gasteiger partial charge < -0.3 is 9.47 Å². The molecule has 0 aromatic carbocycles. The van der Waals surface area contributed by atoms with Crippen LogP contribution in [0, 0.1) is 35.0 Å². The molecule has 0 aliphatic heterocycles. The van der Waals surface area contributed by atoms with Gasteiger partial charge in [-0.1, -0.05) is 32.4 Å². The van der Waals surface area contributed by atoms with Gasteiger partial charge in [0.2, 0.25) is 0 Å². The molecule has 0 heterocycles. The van der Waals surface area contributed by atoms with Gasteiger partial charge in [0.15, 0.2) is 6.29 Å². The molecule has 4 bridgehead atoms. The van der Waals surface area contributed by atoms with Gasteiger partial charge in [-0.05, 0) is 74.5 Å². The summed E-state index contributed by atoms with van der Waals surface area (Å²) in [5, 5.41) is 0. The standard InChI is InChI=1S/C20H32O2/c1-5-6-9-21-13(2)22-19(3)12-16-11-17(19)18-14-7-8-15(10-14)20(16,18)4/h7-8,13-18H,5-6,9-12H2,1-4H3. The summed E-state index contributed by atoms with van der Waals surface area (Å²) in [5.41, 5.74) is 0.609. The molecule has 2 heteroatoms. The molecule has 4 aliphatic carbocycles. The van der Waals surface area contributed by atoms with E-state index in [-0.39, 0.29) is 11.9 Å². The third-order valence-corrected chi connectivity index (χ3v) is 7.67. The summed E-state index contributed by atoms with van der Waals surface area (Å²) in [4.78, 5) is 0. The first kappa shape index (κ1) is 15.2. The van der Waals surface area contributed by atoms with Crippen LogP contribution in [0.15, 0.2) is 12.2 Å².